The first-order valence-electron chi connectivity index (χ1n) is 23.3. The van der Waals surface area contributed by atoms with Crippen molar-refractivity contribution in [1.82, 2.24) is 59.9 Å². The minimum atomic E-state index is -0.520. The third-order valence-electron chi connectivity index (χ3n) is 11.1. The molecule has 6 aromatic rings. The molecule has 19 heteroatoms. The molecule has 0 atom stereocenters. The number of hydrogen-bond acceptors (Lipinski definition) is 14. The number of carbonyl (C=O) groups is 2. The topological polar surface area (TPSA) is 208 Å². The molecule has 0 fully saturated rings. The molecule has 368 valence electrons. The number of nitrogen functional groups attached to an aromatic ring is 1. The molecule has 2 aliphatic rings. The van der Waals surface area contributed by atoms with Gasteiger partial charge in [-0.05, 0) is 127 Å². The number of nitrogens with two attached hydrogens (primary N) is 1. The molecule has 0 spiro atoms. The van der Waals surface area contributed by atoms with E-state index in [2.05, 4.69) is 81.9 Å². The summed E-state index contributed by atoms with van der Waals surface area (Å²) in [6.07, 6.45) is 2.51. The lowest BCUT2D eigenvalue weighted by Crippen LogP contribution is -2.33. The van der Waals surface area contributed by atoms with E-state index in [-0.39, 0.29) is 5.28 Å². The van der Waals surface area contributed by atoms with Crippen molar-refractivity contribution >= 4 is 41.4 Å². The van der Waals surface area contributed by atoms with E-state index >= 15 is 0 Å². The predicted molar refractivity (Wildman–Crippen MR) is 270 cm³/mol. The summed E-state index contributed by atoms with van der Waals surface area (Å²) in [7, 11) is 0. The summed E-state index contributed by atoms with van der Waals surface area (Å²) in [5.41, 5.74) is 14.6. The molecule has 69 heavy (non-hydrogen) atoms. The van der Waals surface area contributed by atoms with Gasteiger partial charge in [0.15, 0.2) is 5.82 Å². The van der Waals surface area contributed by atoms with Gasteiger partial charge < -0.3 is 31.2 Å². The summed E-state index contributed by atoms with van der Waals surface area (Å²) in [6, 6.07) is 19.7. The minimum absolute atomic E-state index is 0.218. The molecule has 0 saturated heterocycles. The van der Waals surface area contributed by atoms with E-state index in [1.54, 1.807) is 18.5 Å². The van der Waals surface area contributed by atoms with Crippen LogP contribution in [0.25, 0.3) is 22.5 Å². The second-order valence-corrected chi connectivity index (χ2v) is 19.2. The van der Waals surface area contributed by atoms with Crippen LogP contribution in [0.15, 0.2) is 73.1 Å². The molecule has 2 aromatic carbocycles. The number of aryl methyl sites for hydroxylation is 2. The van der Waals surface area contributed by atoms with E-state index in [0.29, 0.717) is 24.9 Å². The van der Waals surface area contributed by atoms with Gasteiger partial charge in [-0.3, -0.25) is 19.2 Å². The number of nitrogens with one attached hydrogen (secondary N) is 3. The van der Waals surface area contributed by atoms with Crippen LogP contribution in [0.4, 0.5) is 27.2 Å². The van der Waals surface area contributed by atoms with E-state index < -0.39 is 23.4 Å². The van der Waals surface area contributed by atoms with Crippen molar-refractivity contribution in [2.45, 2.75) is 120 Å². The van der Waals surface area contributed by atoms with Crippen LogP contribution in [-0.4, -0.2) is 98.9 Å². The molecule has 0 radical (unpaired) electrons. The number of carbonyl (C=O) groups excluding carboxylic acids is 2. The van der Waals surface area contributed by atoms with Gasteiger partial charge in [-0.15, -0.1) is 0 Å². The molecule has 4 aromatic heterocycles. The number of alkyl carbamates (subject to hydrolysis) is 2. The molecule has 5 N–H and O–H groups in total. The van der Waals surface area contributed by atoms with Crippen LogP contribution >= 0.6 is 11.6 Å². The van der Waals surface area contributed by atoms with Crippen LogP contribution in [0.3, 0.4) is 0 Å². The van der Waals surface area contributed by atoms with Gasteiger partial charge in [0.1, 0.15) is 17.0 Å². The van der Waals surface area contributed by atoms with Gasteiger partial charge in [-0.25, -0.2) is 29.5 Å². The first-order chi connectivity index (χ1) is 32.7. The Hall–Kier alpha value is -6.63. The van der Waals surface area contributed by atoms with Crippen LogP contribution in [0, 0.1) is 13.8 Å². The first-order valence-corrected chi connectivity index (χ1v) is 23.7. The highest BCUT2D eigenvalue weighted by Gasteiger charge is 2.20. The number of benzene rings is 2. The Labute approximate surface area is 410 Å². The fraction of sp³-hybridized carbons (Fsp3) is 0.440. The average Bonchev–Trinajstić information content (AvgIpc) is 3.88. The number of anilines is 3. The number of halogens is 1. The highest BCUT2D eigenvalue weighted by atomic mass is 35.5. The molecular formula is C50H67ClN14O4. The summed E-state index contributed by atoms with van der Waals surface area (Å²) in [4.78, 5) is 45.6. The Kier molecular flexibility index (Phi) is 17.3. The fourth-order valence-corrected chi connectivity index (χ4v) is 7.67. The van der Waals surface area contributed by atoms with Gasteiger partial charge in [-0.1, -0.05) is 38.1 Å². The fourth-order valence-electron chi connectivity index (χ4n) is 7.52. The highest BCUT2D eigenvalue weighted by molar-refractivity contribution is 6.28. The number of aromatic nitrogens is 8. The van der Waals surface area contributed by atoms with E-state index in [1.165, 1.54) is 11.4 Å². The molecule has 2 aliphatic heterocycles. The van der Waals surface area contributed by atoms with Crippen molar-refractivity contribution in [3.63, 3.8) is 0 Å². The third-order valence-corrected chi connectivity index (χ3v) is 11.3. The van der Waals surface area contributed by atoms with Crippen LogP contribution in [0.5, 0.6) is 0 Å². The van der Waals surface area contributed by atoms with Gasteiger partial charge >= 0.3 is 12.2 Å². The van der Waals surface area contributed by atoms with Crippen LogP contribution in [-0.2, 0) is 48.7 Å². The smallest absolute Gasteiger partial charge is 0.407 e. The molecule has 0 saturated carbocycles. The van der Waals surface area contributed by atoms with Crippen LogP contribution in [0.1, 0.15) is 89.0 Å². The standard InChI is InChI=1S/C25H33N7O2.C17H20ClN3O2.C8H14N4/c1-6-31-11-12-32-20(16-31)14-22(30-32)29-23-26-10-9-21(28-23)18-7-8-19(17(2)13-18)15-27-24(33)34-25(3,4)5;1-11-9-12(14-7-8-19-15(18)21-14)5-6-13(11)10-20-16(22)23-17(2,3)4;1-2-11-3-4-12-7(6-11)5-8(9)10-12/h7-10,13-14H,6,11-12,15-16H2,1-5H3,(H,27,33)(H,26,28,29,30);5-9H,10H2,1-4H3,(H,20,22);5H,2-4,6H2,1H3,(H2,9,10). The Morgan fingerprint density at radius 1 is 0.667 bits per heavy atom. The average molecular weight is 964 g/mol. The number of amides is 2. The van der Waals surface area contributed by atoms with Crippen LogP contribution in [0.2, 0.25) is 5.28 Å². The zero-order valence-corrected chi connectivity index (χ0v) is 42.3. The zero-order chi connectivity index (χ0) is 49.9. The first kappa shape index (κ1) is 51.8. The van der Waals surface area contributed by atoms with Gasteiger partial charge in [0.05, 0.1) is 35.9 Å². The molecule has 6 heterocycles. The monoisotopic (exact) mass is 963 g/mol. The normalized spacial score (nSPS) is 13.7. The maximum atomic E-state index is 11.9. The predicted octanol–water partition coefficient (Wildman–Crippen LogP) is 8.68. The van der Waals surface area contributed by atoms with Gasteiger partial charge in [-0.2, -0.15) is 10.2 Å². The van der Waals surface area contributed by atoms with E-state index in [9.17, 15) is 9.59 Å². The maximum absolute atomic E-state index is 11.9. The van der Waals surface area contributed by atoms with Gasteiger partial charge in [0.25, 0.3) is 0 Å². The van der Waals surface area contributed by atoms with Crippen molar-refractivity contribution in [2.24, 2.45) is 0 Å². The number of likely N-dealkylation sites (N-methyl/N-ethyl adjacent to an activating group) is 2. The zero-order valence-electron chi connectivity index (χ0n) is 41.6. The van der Waals surface area contributed by atoms with Crippen molar-refractivity contribution in [3.8, 4) is 22.5 Å². The summed E-state index contributed by atoms with van der Waals surface area (Å²) < 4.78 is 14.6. The van der Waals surface area contributed by atoms with E-state index in [1.807, 2.05) is 107 Å². The molecular weight excluding hydrogens is 896 g/mol. The number of ether oxygens (including phenoxy) is 2. The lowest BCUT2D eigenvalue weighted by atomic mass is 10.0. The molecule has 0 aliphatic carbocycles. The molecule has 2 amide bonds. The second kappa shape index (κ2) is 23.1. The molecule has 0 bridgehead atoms. The van der Waals surface area contributed by atoms with E-state index in [0.717, 1.165) is 103 Å². The second-order valence-electron chi connectivity index (χ2n) is 18.9. The summed E-state index contributed by atoms with van der Waals surface area (Å²) in [5, 5.41) is 17.9. The Morgan fingerprint density at radius 3 is 1.65 bits per heavy atom. The van der Waals surface area contributed by atoms with Gasteiger partial charge in [0.2, 0.25) is 11.2 Å². The van der Waals surface area contributed by atoms with Crippen LogP contribution < -0.4 is 21.7 Å². The number of fused-ring (bicyclic) bond motifs is 2. The number of nitrogens with zero attached hydrogens (tertiary/aromatic N) is 10. The van der Waals surface area contributed by atoms with Crippen molar-refractivity contribution in [3.05, 3.63) is 112 Å². The summed E-state index contributed by atoms with van der Waals surface area (Å²) in [5.74, 6) is 1.90. The largest absolute Gasteiger partial charge is 0.444 e. The van der Waals surface area contributed by atoms with Gasteiger partial charge in [0, 0.05) is 74.9 Å². The SMILES string of the molecule is CCN1CCn2nc(N)cc2C1.CCN1CCn2nc(Nc3nccc(-c4ccc(CNC(=O)OC(C)(C)C)c(C)c4)n3)cc2C1.Cc1cc(-c2ccnc(Cl)n2)ccc1CNC(=O)OC(C)(C)C. The lowest BCUT2D eigenvalue weighted by Gasteiger charge is -2.25. The van der Waals surface area contributed by atoms with Crippen molar-refractivity contribution < 1.29 is 19.1 Å². The number of rotatable bonds is 10. The molecule has 0 unspecified atom stereocenters. The summed E-state index contributed by atoms with van der Waals surface area (Å²) >= 11 is 5.82. The lowest BCUT2D eigenvalue weighted by molar-refractivity contribution is 0.0512. The summed E-state index contributed by atoms with van der Waals surface area (Å²) in [6.45, 7) is 28.2. The maximum Gasteiger partial charge on any atom is 0.407 e. The highest BCUT2D eigenvalue weighted by Crippen LogP contribution is 2.25. The quantitative estimate of drug-likeness (QED) is 0.0948. The van der Waals surface area contributed by atoms with E-state index in [4.69, 9.17) is 26.8 Å². The van der Waals surface area contributed by atoms with Crippen molar-refractivity contribution in [2.75, 3.05) is 37.2 Å². The van der Waals surface area contributed by atoms with Crippen molar-refractivity contribution in [1.29, 1.82) is 0 Å². The Bertz CT molecular complexity index is 2690. The minimum Gasteiger partial charge on any atom is -0.444 e. The third kappa shape index (κ3) is 15.7. The Balaban J connectivity index is 0.000000191. The Morgan fingerprint density at radius 2 is 1.16 bits per heavy atom. The molecule has 18 nitrogen and oxygen atoms in total. The molecule has 8 rings (SSSR count). The number of hydrogen-bond donors (Lipinski definition) is 4.